The molecule has 0 radical (unpaired) electrons. The highest BCUT2D eigenvalue weighted by Gasteiger charge is 2.37. The number of hydrogen-bond acceptors (Lipinski definition) is 3. The zero-order valence-electron chi connectivity index (χ0n) is 9.67. The molecule has 100 valence electrons. The Balaban J connectivity index is 2.28. The van der Waals surface area contributed by atoms with E-state index < -0.39 is 28.6 Å². The number of halogens is 3. The van der Waals surface area contributed by atoms with Crippen molar-refractivity contribution in [3.63, 3.8) is 0 Å². The Bertz CT molecular complexity index is 544. The summed E-state index contributed by atoms with van der Waals surface area (Å²) in [6.45, 7) is 0. The van der Waals surface area contributed by atoms with Crippen LogP contribution in [0.5, 0.6) is 0 Å². The molecule has 19 heavy (non-hydrogen) atoms. The molecule has 1 heterocycles. The SMILES string of the molecule is N#CC1(NC(=O)c2c(F)cc(Br)cc2F)CCSC1. The summed E-state index contributed by atoms with van der Waals surface area (Å²) in [5, 5.41) is 11.6. The van der Waals surface area contributed by atoms with Crippen molar-refractivity contribution in [2.24, 2.45) is 0 Å². The molecule has 1 N–H and O–H groups in total. The van der Waals surface area contributed by atoms with Crippen LogP contribution in [-0.2, 0) is 0 Å². The highest BCUT2D eigenvalue weighted by molar-refractivity contribution is 9.10. The Morgan fingerprint density at radius 2 is 2.11 bits per heavy atom. The molecule has 2 rings (SSSR count). The molecule has 1 aliphatic heterocycles. The number of thioether (sulfide) groups is 1. The first-order valence-electron chi connectivity index (χ1n) is 5.43. The van der Waals surface area contributed by atoms with E-state index in [0.29, 0.717) is 12.2 Å². The Labute approximate surface area is 121 Å². The van der Waals surface area contributed by atoms with Crippen LogP contribution in [0.15, 0.2) is 16.6 Å². The third kappa shape index (κ3) is 2.90. The number of benzene rings is 1. The summed E-state index contributed by atoms with van der Waals surface area (Å²) in [4.78, 5) is 12.0. The quantitative estimate of drug-likeness (QED) is 0.895. The lowest BCUT2D eigenvalue weighted by Gasteiger charge is -2.21. The maximum Gasteiger partial charge on any atom is 0.258 e. The second-order valence-electron chi connectivity index (χ2n) is 4.20. The van der Waals surface area contributed by atoms with Crippen molar-refractivity contribution in [2.45, 2.75) is 12.0 Å². The molecule has 1 fully saturated rings. The molecule has 1 amide bonds. The summed E-state index contributed by atoms with van der Waals surface area (Å²) >= 11 is 4.46. The molecule has 0 spiro atoms. The maximum atomic E-state index is 13.6. The van der Waals surface area contributed by atoms with Crippen LogP contribution in [-0.4, -0.2) is 23.0 Å². The Morgan fingerprint density at radius 1 is 1.47 bits per heavy atom. The predicted molar refractivity (Wildman–Crippen MR) is 71.8 cm³/mol. The molecule has 0 saturated carbocycles. The van der Waals surface area contributed by atoms with Gasteiger partial charge in [-0.25, -0.2) is 8.78 Å². The van der Waals surface area contributed by atoms with Gasteiger partial charge in [0.25, 0.3) is 5.91 Å². The van der Waals surface area contributed by atoms with Crippen LogP contribution in [0.1, 0.15) is 16.8 Å². The van der Waals surface area contributed by atoms with E-state index in [1.165, 1.54) is 11.8 Å². The van der Waals surface area contributed by atoms with E-state index in [1.54, 1.807) is 0 Å². The highest BCUT2D eigenvalue weighted by atomic mass is 79.9. The van der Waals surface area contributed by atoms with Crippen LogP contribution in [0.2, 0.25) is 0 Å². The van der Waals surface area contributed by atoms with E-state index in [2.05, 4.69) is 21.2 Å². The van der Waals surface area contributed by atoms with Crippen molar-refractivity contribution in [3.05, 3.63) is 33.8 Å². The standard InChI is InChI=1S/C12H9BrF2N2OS/c13-7-3-8(14)10(9(15)4-7)11(18)17-12(5-16)1-2-19-6-12/h3-4H,1-2,6H2,(H,17,18). The van der Waals surface area contributed by atoms with E-state index in [1.807, 2.05) is 6.07 Å². The monoisotopic (exact) mass is 346 g/mol. The molecule has 1 unspecified atom stereocenters. The average molecular weight is 347 g/mol. The highest BCUT2D eigenvalue weighted by Crippen LogP contribution is 2.28. The molecule has 1 saturated heterocycles. The van der Waals surface area contributed by atoms with Gasteiger partial charge in [0.05, 0.1) is 6.07 Å². The van der Waals surface area contributed by atoms with Crippen molar-refractivity contribution < 1.29 is 13.6 Å². The number of amides is 1. The first-order chi connectivity index (χ1) is 8.97. The summed E-state index contributed by atoms with van der Waals surface area (Å²) < 4.78 is 27.5. The van der Waals surface area contributed by atoms with Gasteiger partial charge < -0.3 is 5.32 Å². The molecule has 1 aliphatic rings. The molecule has 0 aromatic heterocycles. The van der Waals surface area contributed by atoms with E-state index in [-0.39, 0.29) is 4.47 Å². The lowest BCUT2D eigenvalue weighted by molar-refractivity contribution is 0.0917. The zero-order valence-corrected chi connectivity index (χ0v) is 12.1. The van der Waals surface area contributed by atoms with Crippen LogP contribution in [0, 0.1) is 23.0 Å². The molecular formula is C12H9BrF2N2OS. The fourth-order valence-electron chi connectivity index (χ4n) is 1.82. The number of hydrogen-bond donors (Lipinski definition) is 1. The molecule has 1 atom stereocenters. The number of carbonyl (C=O) groups is 1. The Kier molecular flexibility index (Phi) is 4.11. The van der Waals surface area contributed by atoms with Gasteiger partial charge in [-0.3, -0.25) is 4.79 Å². The normalized spacial score (nSPS) is 22.0. The lowest BCUT2D eigenvalue weighted by atomic mass is 10.0. The third-order valence-corrected chi connectivity index (χ3v) is 4.47. The van der Waals surface area contributed by atoms with E-state index in [0.717, 1.165) is 17.9 Å². The lowest BCUT2D eigenvalue weighted by Crippen LogP contribution is -2.47. The van der Waals surface area contributed by atoms with Gasteiger partial charge >= 0.3 is 0 Å². The zero-order chi connectivity index (χ0) is 14.0. The second kappa shape index (κ2) is 5.47. The van der Waals surface area contributed by atoms with Gasteiger partial charge in [-0.2, -0.15) is 17.0 Å². The van der Waals surface area contributed by atoms with Crippen molar-refractivity contribution >= 4 is 33.6 Å². The average Bonchev–Trinajstić information content (AvgIpc) is 2.76. The van der Waals surface area contributed by atoms with Gasteiger partial charge in [-0.15, -0.1) is 0 Å². The van der Waals surface area contributed by atoms with Crippen LogP contribution in [0.3, 0.4) is 0 Å². The second-order valence-corrected chi connectivity index (χ2v) is 6.22. The number of nitriles is 1. The minimum absolute atomic E-state index is 0.213. The number of nitrogens with zero attached hydrogens (tertiary/aromatic N) is 1. The summed E-state index contributed by atoms with van der Waals surface area (Å²) in [6.07, 6.45) is 0.472. The maximum absolute atomic E-state index is 13.6. The molecule has 7 heteroatoms. The van der Waals surface area contributed by atoms with Crippen LogP contribution in [0.25, 0.3) is 0 Å². The predicted octanol–water partition coefficient (Wildman–Crippen LogP) is 2.86. The number of rotatable bonds is 2. The third-order valence-electron chi connectivity index (χ3n) is 2.82. The number of carbonyl (C=O) groups excluding carboxylic acids is 1. The van der Waals surface area contributed by atoms with Gasteiger partial charge in [-0.05, 0) is 24.3 Å². The first-order valence-corrected chi connectivity index (χ1v) is 7.38. The molecule has 0 bridgehead atoms. The van der Waals surface area contributed by atoms with Gasteiger partial charge in [0, 0.05) is 10.2 Å². The van der Waals surface area contributed by atoms with E-state index in [4.69, 9.17) is 5.26 Å². The van der Waals surface area contributed by atoms with Gasteiger partial charge in [0.15, 0.2) is 0 Å². The smallest absolute Gasteiger partial charge is 0.258 e. The van der Waals surface area contributed by atoms with Gasteiger partial charge in [-0.1, -0.05) is 15.9 Å². The first kappa shape index (κ1) is 14.3. The molecule has 1 aromatic rings. The van der Waals surface area contributed by atoms with E-state index >= 15 is 0 Å². The van der Waals surface area contributed by atoms with Gasteiger partial charge in [0.1, 0.15) is 22.7 Å². The number of nitrogens with one attached hydrogen (secondary N) is 1. The van der Waals surface area contributed by atoms with Crippen molar-refractivity contribution in [1.29, 1.82) is 5.26 Å². The summed E-state index contributed by atoms with van der Waals surface area (Å²) in [7, 11) is 0. The van der Waals surface area contributed by atoms with Crippen molar-refractivity contribution in [3.8, 4) is 6.07 Å². The fraction of sp³-hybridized carbons (Fsp3) is 0.333. The van der Waals surface area contributed by atoms with Crippen molar-refractivity contribution in [2.75, 3.05) is 11.5 Å². The summed E-state index contributed by atoms with van der Waals surface area (Å²) in [5.41, 5.74) is -1.69. The van der Waals surface area contributed by atoms with Gasteiger partial charge in [0.2, 0.25) is 0 Å². The fourth-order valence-corrected chi connectivity index (χ4v) is 3.49. The van der Waals surface area contributed by atoms with Crippen LogP contribution < -0.4 is 5.32 Å². The Hall–Kier alpha value is -1.13. The Morgan fingerprint density at radius 3 is 2.58 bits per heavy atom. The van der Waals surface area contributed by atoms with Crippen LogP contribution in [0.4, 0.5) is 8.78 Å². The van der Waals surface area contributed by atoms with Crippen molar-refractivity contribution in [1.82, 2.24) is 5.32 Å². The summed E-state index contributed by atoms with van der Waals surface area (Å²) in [5.74, 6) is -1.65. The summed E-state index contributed by atoms with van der Waals surface area (Å²) in [6, 6.07) is 4.05. The molecule has 3 nitrogen and oxygen atoms in total. The topological polar surface area (TPSA) is 52.9 Å². The minimum atomic E-state index is -1.03. The molecule has 1 aromatic carbocycles. The minimum Gasteiger partial charge on any atom is -0.333 e. The van der Waals surface area contributed by atoms with Crippen LogP contribution >= 0.6 is 27.7 Å². The molecular weight excluding hydrogens is 338 g/mol. The molecule has 0 aliphatic carbocycles. The largest absolute Gasteiger partial charge is 0.333 e. The van der Waals surface area contributed by atoms with E-state index in [9.17, 15) is 13.6 Å².